The highest BCUT2D eigenvalue weighted by atomic mass is 35.5. The van der Waals surface area contributed by atoms with Crippen LogP contribution in [-0.4, -0.2) is 11.1 Å². The summed E-state index contributed by atoms with van der Waals surface area (Å²) in [5.41, 5.74) is 1.05. The van der Waals surface area contributed by atoms with E-state index in [1.807, 2.05) is 32.0 Å². The first-order valence-corrected chi connectivity index (χ1v) is 7.61. The maximum absolute atomic E-state index is 11.8. The zero-order valence-corrected chi connectivity index (χ0v) is 13.5. The molecule has 0 fully saturated rings. The average molecular weight is 331 g/mol. The number of halogens is 1. The number of carbonyl (C=O) groups is 1. The lowest BCUT2D eigenvalue weighted by Crippen LogP contribution is -2.01. The summed E-state index contributed by atoms with van der Waals surface area (Å²) in [6, 6.07) is 10.7. The van der Waals surface area contributed by atoms with Gasteiger partial charge in [-0.1, -0.05) is 36.7 Å². The number of furan rings is 1. The van der Waals surface area contributed by atoms with Crippen LogP contribution < -0.4 is 4.74 Å². The Morgan fingerprint density at radius 3 is 2.61 bits per heavy atom. The molecule has 5 heteroatoms. The van der Waals surface area contributed by atoms with Crippen molar-refractivity contribution in [2.45, 2.75) is 20.3 Å². The third-order valence-corrected chi connectivity index (χ3v) is 4.04. The predicted molar refractivity (Wildman–Crippen MR) is 88.8 cm³/mol. The number of aromatic carboxylic acids is 1. The van der Waals surface area contributed by atoms with Gasteiger partial charge in [-0.2, -0.15) is 0 Å². The molecule has 0 saturated heterocycles. The highest BCUT2D eigenvalue weighted by Crippen LogP contribution is 2.40. The van der Waals surface area contributed by atoms with Crippen LogP contribution >= 0.6 is 11.6 Å². The van der Waals surface area contributed by atoms with E-state index in [-0.39, 0.29) is 16.9 Å². The molecule has 0 spiro atoms. The largest absolute Gasteiger partial charge is 0.477 e. The van der Waals surface area contributed by atoms with Crippen LogP contribution in [0.4, 0.5) is 0 Å². The second kappa shape index (κ2) is 5.97. The van der Waals surface area contributed by atoms with Gasteiger partial charge in [0, 0.05) is 11.8 Å². The van der Waals surface area contributed by atoms with Gasteiger partial charge in [0.1, 0.15) is 22.8 Å². The molecule has 0 aliphatic carbocycles. The smallest absolute Gasteiger partial charge is 0.343 e. The van der Waals surface area contributed by atoms with E-state index < -0.39 is 5.97 Å². The molecule has 0 radical (unpaired) electrons. The lowest BCUT2D eigenvalue weighted by molar-refractivity contribution is 0.0695. The van der Waals surface area contributed by atoms with Gasteiger partial charge in [-0.3, -0.25) is 0 Å². The molecule has 3 rings (SSSR count). The van der Waals surface area contributed by atoms with Crippen molar-refractivity contribution in [3.8, 4) is 11.5 Å². The van der Waals surface area contributed by atoms with Crippen LogP contribution in [0, 0.1) is 6.92 Å². The first-order valence-electron chi connectivity index (χ1n) is 7.23. The molecule has 0 atom stereocenters. The highest BCUT2D eigenvalue weighted by molar-refractivity contribution is 6.37. The third-order valence-electron chi connectivity index (χ3n) is 3.64. The Kier molecular flexibility index (Phi) is 4.01. The number of carboxylic acids is 1. The molecule has 3 aromatic rings. The van der Waals surface area contributed by atoms with E-state index in [0.717, 1.165) is 5.56 Å². The second-order valence-corrected chi connectivity index (χ2v) is 5.56. The molecule has 4 nitrogen and oxygen atoms in total. The molecule has 0 saturated carbocycles. The van der Waals surface area contributed by atoms with Gasteiger partial charge < -0.3 is 14.3 Å². The van der Waals surface area contributed by atoms with Gasteiger partial charge >= 0.3 is 5.97 Å². The first kappa shape index (κ1) is 15.4. The van der Waals surface area contributed by atoms with Crippen molar-refractivity contribution in [3.05, 3.63) is 58.3 Å². The van der Waals surface area contributed by atoms with Crippen molar-refractivity contribution in [2.24, 2.45) is 0 Å². The lowest BCUT2D eigenvalue weighted by Gasteiger charge is -2.10. The molecule has 2 aromatic carbocycles. The van der Waals surface area contributed by atoms with Crippen molar-refractivity contribution in [3.63, 3.8) is 0 Å². The molecule has 0 aliphatic rings. The number of para-hydroxylation sites is 1. The number of ether oxygens (including phenoxy) is 1. The van der Waals surface area contributed by atoms with Crippen molar-refractivity contribution < 1.29 is 19.1 Å². The quantitative estimate of drug-likeness (QED) is 0.691. The fraction of sp³-hybridized carbons (Fsp3) is 0.167. The van der Waals surface area contributed by atoms with Gasteiger partial charge in [-0.05, 0) is 30.7 Å². The number of hydrogen-bond donors (Lipinski definition) is 1. The van der Waals surface area contributed by atoms with E-state index in [9.17, 15) is 9.90 Å². The van der Waals surface area contributed by atoms with E-state index in [4.69, 9.17) is 20.8 Å². The van der Waals surface area contributed by atoms with Gasteiger partial charge in [-0.25, -0.2) is 4.79 Å². The number of fused-ring (bicyclic) bond motifs is 1. The average Bonchev–Trinajstić information content (AvgIpc) is 2.85. The summed E-state index contributed by atoms with van der Waals surface area (Å²) in [6.07, 6.45) is 0.584. The normalized spacial score (nSPS) is 10.9. The number of hydrogen-bond acceptors (Lipinski definition) is 3. The van der Waals surface area contributed by atoms with Crippen molar-refractivity contribution in [1.29, 1.82) is 0 Å². The van der Waals surface area contributed by atoms with Crippen LogP contribution in [0.25, 0.3) is 11.0 Å². The highest BCUT2D eigenvalue weighted by Gasteiger charge is 2.25. The van der Waals surface area contributed by atoms with E-state index >= 15 is 0 Å². The van der Waals surface area contributed by atoms with E-state index in [1.165, 1.54) is 0 Å². The zero-order chi connectivity index (χ0) is 16.6. The monoisotopic (exact) mass is 330 g/mol. The van der Waals surface area contributed by atoms with Crippen molar-refractivity contribution >= 4 is 28.5 Å². The molecule has 0 unspecified atom stereocenters. The molecular formula is C18H15ClO4. The van der Waals surface area contributed by atoms with Gasteiger partial charge in [-0.15, -0.1) is 0 Å². The maximum Gasteiger partial charge on any atom is 0.343 e. The van der Waals surface area contributed by atoms with Crippen LogP contribution in [0.15, 0.2) is 40.8 Å². The number of aryl methyl sites for hydroxylation is 2. The molecular weight excluding hydrogens is 316 g/mol. The van der Waals surface area contributed by atoms with Crippen LogP contribution in [0.3, 0.4) is 0 Å². The fourth-order valence-corrected chi connectivity index (χ4v) is 2.97. The van der Waals surface area contributed by atoms with E-state index in [1.54, 1.807) is 18.2 Å². The summed E-state index contributed by atoms with van der Waals surface area (Å²) < 4.78 is 11.5. The van der Waals surface area contributed by atoms with Crippen molar-refractivity contribution in [2.75, 3.05) is 0 Å². The maximum atomic E-state index is 11.8. The summed E-state index contributed by atoms with van der Waals surface area (Å²) in [5, 5.41) is 10.7. The summed E-state index contributed by atoms with van der Waals surface area (Å²) in [5.74, 6) is 0.252. The van der Waals surface area contributed by atoms with Crippen molar-refractivity contribution in [1.82, 2.24) is 0 Å². The first-order chi connectivity index (χ1) is 11.0. The minimum Gasteiger partial charge on any atom is -0.477 e. The van der Waals surface area contributed by atoms with Crippen LogP contribution in [-0.2, 0) is 6.42 Å². The molecule has 1 heterocycles. The summed E-state index contributed by atoms with van der Waals surface area (Å²) >= 11 is 6.32. The minimum absolute atomic E-state index is 0.0175. The van der Waals surface area contributed by atoms with Gasteiger partial charge in [0.15, 0.2) is 5.58 Å². The topological polar surface area (TPSA) is 59.7 Å². The molecule has 0 amide bonds. The SMILES string of the molecule is CCc1oc2c(C(=O)O)c(Oc3ccccc3)cc(C)c2c1Cl. The van der Waals surface area contributed by atoms with Crippen LogP contribution in [0.5, 0.6) is 11.5 Å². The molecule has 23 heavy (non-hydrogen) atoms. The van der Waals surface area contributed by atoms with E-state index in [2.05, 4.69) is 0 Å². The van der Waals surface area contributed by atoms with Gasteiger partial charge in [0.2, 0.25) is 0 Å². The molecule has 0 aliphatic heterocycles. The Morgan fingerprint density at radius 1 is 1.30 bits per heavy atom. The molecule has 1 N–H and O–H groups in total. The second-order valence-electron chi connectivity index (χ2n) is 5.18. The summed E-state index contributed by atoms with van der Waals surface area (Å²) in [4.78, 5) is 11.8. The Hall–Kier alpha value is -2.46. The Labute approximate surface area is 138 Å². The summed E-state index contributed by atoms with van der Waals surface area (Å²) in [7, 11) is 0. The van der Waals surface area contributed by atoms with Crippen LogP contribution in [0.2, 0.25) is 5.02 Å². The predicted octanol–water partition coefficient (Wildman–Crippen LogP) is 5.45. The Balaban J connectivity index is 2.26. The Bertz CT molecular complexity index is 881. The zero-order valence-electron chi connectivity index (χ0n) is 12.7. The lowest BCUT2D eigenvalue weighted by atomic mass is 10.1. The number of benzene rings is 2. The molecule has 118 valence electrons. The number of rotatable bonds is 4. The van der Waals surface area contributed by atoms with E-state index in [0.29, 0.717) is 28.3 Å². The summed E-state index contributed by atoms with van der Waals surface area (Å²) in [6.45, 7) is 3.76. The molecule has 1 aromatic heterocycles. The fourth-order valence-electron chi connectivity index (χ4n) is 2.57. The van der Waals surface area contributed by atoms with Gasteiger partial charge in [0.25, 0.3) is 0 Å². The number of carboxylic acid groups (broad SMARTS) is 1. The minimum atomic E-state index is -1.12. The molecule has 0 bridgehead atoms. The van der Waals surface area contributed by atoms with Crippen LogP contribution in [0.1, 0.15) is 28.6 Å². The third kappa shape index (κ3) is 2.66. The van der Waals surface area contributed by atoms with Gasteiger partial charge in [0.05, 0.1) is 5.02 Å². The standard InChI is InChI=1S/C18H15ClO4/c1-3-12-16(19)14-10(2)9-13(15(18(20)21)17(14)23-12)22-11-7-5-4-6-8-11/h4-9H,3H2,1-2H3,(H,20,21). The Morgan fingerprint density at radius 2 is 2.00 bits per heavy atom.